The Labute approximate surface area is 179 Å². The maximum absolute atomic E-state index is 13.5. The van der Waals surface area contributed by atoms with Crippen LogP contribution in [0.5, 0.6) is 11.5 Å². The molecule has 1 fully saturated rings. The predicted octanol–water partition coefficient (Wildman–Crippen LogP) is 3.53. The summed E-state index contributed by atoms with van der Waals surface area (Å²) in [5.41, 5.74) is 1.32. The van der Waals surface area contributed by atoms with Crippen LogP contribution in [0.4, 0.5) is 0 Å². The minimum absolute atomic E-state index is 0.0644. The van der Waals surface area contributed by atoms with Crippen molar-refractivity contribution in [2.24, 2.45) is 0 Å². The number of hydrogen-bond acceptors (Lipinski definition) is 6. The van der Waals surface area contributed by atoms with E-state index in [4.69, 9.17) is 18.6 Å². The predicted molar refractivity (Wildman–Crippen MR) is 114 cm³/mol. The average molecular weight is 421 g/mol. The quantitative estimate of drug-likeness (QED) is 0.627. The number of ether oxygens (including phenoxy) is 3. The van der Waals surface area contributed by atoms with Gasteiger partial charge in [-0.2, -0.15) is 0 Å². The fourth-order valence-corrected chi connectivity index (χ4v) is 4.53. The van der Waals surface area contributed by atoms with E-state index in [1.54, 1.807) is 49.5 Å². The highest BCUT2D eigenvalue weighted by molar-refractivity contribution is 5.99. The smallest absolute Gasteiger partial charge is 0.291 e. The van der Waals surface area contributed by atoms with Crippen molar-refractivity contribution in [2.75, 3.05) is 27.4 Å². The summed E-state index contributed by atoms with van der Waals surface area (Å²) in [5, 5.41) is 0.457. The molecule has 7 nitrogen and oxygen atoms in total. The number of nitrogens with zero attached hydrogens (tertiary/aromatic N) is 1. The highest BCUT2D eigenvalue weighted by Gasteiger charge is 2.44. The molecule has 1 amide bonds. The number of carbonyl (C=O) groups excluding carboxylic acids is 1. The molecule has 0 aliphatic carbocycles. The van der Waals surface area contributed by atoms with Crippen molar-refractivity contribution in [1.29, 1.82) is 0 Å². The molecule has 7 heteroatoms. The molecule has 2 aromatic carbocycles. The van der Waals surface area contributed by atoms with Crippen molar-refractivity contribution < 1.29 is 23.4 Å². The summed E-state index contributed by atoms with van der Waals surface area (Å²) in [6, 6.07) is 11.9. The Bertz CT molecular complexity index is 1210. The van der Waals surface area contributed by atoms with Crippen LogP contribution in [0.25, 0.3) is 11.0 Å². The molecule has 0 N–H and O–H groups in total. The van der Waals surface area contributed by atoms with E-state index in [1.807, 2.05) is 12.1 Å². The van der Waals surface area contributed by atoms with Gasteiger partial charge in [-0.3, -0.25) is 9.59 Å². The molecule has 1 aromatic heterocycles. The molecule has 0 saturated carbocycles. The summed E-state index contributed by atoms with van der Waals surface area (Å²) < 4.78 is 22.6. The van der Waals surface area contributed by atoms with Crippen LogP contribution in [0, 0.1) is 0 Å². The first-order valence-electron chi connectivity index (χ1n) is 10.3. The third-order valence-electron chi connectivity index (χ3n) is 6.02. The Hall–Kier alpha value is -3.32. The lowest BCUT2D eigenvalue weighted by molar-refractivity contribution is 0.0486. The third kappa shape index (κ3) is 3.16. The lowest BCUT2D eigenvalue weighted by Crippen LogP contribution is -2.36. The summed E-state index contributed by atoms with van der Waals surface area (Å²) in [4.78, 5) is 28.6. The highest BCUT2D eigenvalue weighted by Crippen LogP contribution is 2.41. The molecule has 1 saturated heterocycles. The van der Waals surface area contributed by atoms with Crippen LogP contribution in [-0.2, 0) is 4.74 Å². The summed E-state index contributed by atoms with van der Waals surface area (Å²) in [6.45, 7) is 1.07. The van der Waals surface area contributed by atoms with E-state index < -0.39 is 6.04 Å². The SMILES string of the molecule is COc1ccc([C@H]2c3c(oc4ccccc4c3=O)C(=O)N2C[C@H]2CCCO2)cc1OC. The van der Waals surface area contributed by atoms with Crippen LogP contribution >= 0.6 is 0 Å². The molecule has 2 aliphatic rings. The largest absolute Gasteiger partial charge is 0.493 e. The first-order chi connectivity index (χ1) is 15.1. The Morgan fingerprint density at radius 3 is 2.61 bits per heavy atom. The van der Waals surface area contributed by atoms with Gasteiger partial charge in [-0.15, -0.1) is 0 Å². The second-order valence-electron chi connectivity index (χ2n) is 7.78. The van der Waals surface area contributed by atoms with Crippen LogP contribution < -0.4 is 14.9 Å². The van der Waals surface area contributed by atoms with Crippen LogP contribution in [0.1, 0.15) is 40.6 Å². The van der Waals surface area contributed by atoms with Gasteiger partial charge >= 0.3 is 0 Å². The minimum atomic E-state index is -0.590. The standard InChI is InChI=1S/C24H23NO6/c1-28-18-10-9-14(12-19(18)29-2)21-20-22(26)16-7-3-4-8-17(16)31-23(20)24(27)25(21)13-15-6-5-11-30-15/h3-4,7-10,12,15,21H,5-6,11,13H2,1-2H3/t15-,21+/m1/s1. The van der Waals surface area contributed by atoms with E-state index >= 15 is 0 Å². The summed E-state index contributed by atoms with van der Waals surface area (Å²) in [7, 11) is 3.12. The number of para-hydroxylation sites is 1. The number of fused-ring (bicyclic) bond motifs is 2. The van der Waals surface area contributed by atoms with Crippen LogP contribution in [0.2, 0.25) is 0 Å². The zero-order valence-electron chi connectivity index (χ0n) is 17.4. The number of methoxy groups -OCH3 is 2. The molecule has 0 bridgehead atoms. The van der Waals surface area contributed by atoms with E-state index in [0.717, 1.165) is 18.4 Å². The van der Waals surface area contributed by atoms with Gasteiger partial charge in [-0.05, 0) is 42.7 Å². The fourth-order valence-electron chi connectivity index (χ4n) is 4.53. The minimum Gasteiger partial charge on any atom is -0.493 e. The number of benzene rings is 2. The zero-order valence-corrected chi connectivity index (χ0v) is 17.4. The molecule has 160 valence electrons. The van der Waals surface area contributed by atoms with Gasteiger partial charge in [0.25, 0.3) is 5.91 Å². The summed E-state index contributed by atoms with van der Waals surface area (Å²) >= 11 is 0. The molecule has 0 radical (unpaired) electrons. The van der Waals surface area contributed by atoms with Gasteiger partial charge in [0.1, 0.15) is 5.58 Å². The van der Waals surface area contributed by atoms with Gasteiger partial charge in [0.2, 0.25) is 5.76 Å². The van der Waals surface area contributed by atoms with Crippen molar-refractivity contribution in [3.63, 3.8) is 0 Å². The summed E-state index contributed by atoms with van der Waals surface area (Å²) in [5.74, 6) is 0.907. The Kier molecular flexibility index (Phi) is 4.90. The normalized spacial score (nSPS) is 20.3. The van der Waals surface area contributed by atoms with Gasteiger partial charge in [-0.1, -0.05) is 18.2 Å². The molecule has 3 heterocycles. The first-order valence-corrected chi connectivity index (χ1v) is 10.3. The van der Waals surface area contributed by atoms with Crippen molar-refractivity contribution in [1.82, 2.24) is 4.90 Å². The van der Waals surface area contributed by atoms with E-state index in [0.29, 0.717) is 41.2 Å². The Morgan fingerprint density at radius 2 is 1.87 bits per heavy atom. The highest BCUT2D eigenvalue weighted by atomic mass is 16.5. The van der Waals surface area contributed by atoms with Gasteiger partial charge in [-0.25, -0.2) is 0 Å². The molecule has 0 spiro atoms. The van der Waals surface area contributed by atoms with E-state index in [-0.39, 0.29) is 23.2 Å². The zero-order chi connectivity index (χ0) is 21.5. The van der Waals surface area contributed by atoms with Gasteiger partial charge in [0.05, 0.1) is 37.3 Å². The lowest BCUT2D eigenvalue weighted by atomic mass is 9.98. The molecular formula is C24H23NO6. The monoisotopic (exact) mass is 421 g/mol. The van der Waals surface area contributed by atoms with Crippen molar-refractivity contribution in [3.8, 4) is 11.5 Å². The van der Waals surface area contributed by atoms with Crippen LogP contribution in [-0.4, -0.2) is 44.3 Å². The van der Waals surface area contributed by atoms with E-state index in [2.05, 4.69) is 0 Å². The molecule has 0 unspecified atom stereocenters. The maximum Gasteiger partial charge on any atom is 0.291 e. The Balaban J connectivity index is 1.70. The number of hydrogen-bond donors (Lipinski definition) is 0. The molecule has 5 rings (SSSR count). The number of rotatable bonds is 5. The van der Waals surface area contributed by atoms with Crippen LogP contribution in [0.15, 0.2) is 51.7 Å². The van der Waals surface area contributed by atoms with E-state index in [9.17, 15) is 9.59 Å². The fraction of sp³-hybridized carbons (Fsp3) is 0.333. The molecule has 3 aromatic rings. The third-order valence-corrected chi connectivity index (χ3v) is 6.02. The average Bonchev–Trinajstić information content (AvgIpc) is 3.41. The number of carbonyl (C=O) groups is 1. The second kappa shape index (κ2) is 7.74. The molecule has 31 heavy (non-hydrogen) atoms. The number of amides is 1. The molecular weight excluding hydrogens is 398 g/mol. The summed E-state index contributed by atoms with van der Waals surface area (Å²) in [6.07, 6.45) is 1.77. The first kappa shape index (κ1) is 19.6. The van der Waals surface area contributed by atoms with Gasteiger partial charge in [0.15, 0.2) is 16.9 Å². The molecule has 2 atom stereocenters. The van der Waals surface area contributed by atoms with Crippen molar-refractivity contribution >= 4 is 16.9 Å². The van der Waals surface area contributed by atoms with Crippen molar-refractivity contribution in [2.45, 2.75) is 25.0 Å². The van der Waals surface area contributed by atoms with Gasteiger partial charge < -0.3 is 23.5 Å². The topological polar surface area (TPSA) is 78.2 Å². The van der Waals surface area contributed by atoms with Crippen LogP contribution in [0.3, 0.4) is 0 Å². The van der Waals surface area contributed by atoms with Gasteiger partial charge in [0, 0.05) is 13.2 Å². The lowest BCUT2D eigenvalue weighted by Gasteiger charge is -2.27. The van der Waals surface area contributed by atoms with E-state index in [1.165, 1.54) is 0 Å². The van der Waals surface area contributed by atoms with Crippen molar-refractivity contribution in [3.05, 3.63) is 69.6 Å². The Morgan fingerprint density at radius 1 is 1.06 bits per heavy atom. The maximum atomic E-state index is 13.5. The molecule has 2 aliphatic heterocycles. The second-order valence-corrected chi connectivity index (χ2v) is 7.78.